The Hall–Kier alpha value is -2.69. The Morgan fingerprint density at radius 3 is 2.74 bits per heavy atom. The molecule has 1 N–H and O–H groups in total. The second-order valence-corrected chi connectivity index (χ2v) is 4.04. The molecule has 2 heterocycles. The lowest BCUT2D eigenvalue weighted by Gasteiger charge is -2.10. The summed E-state index contributed by atoms with van der Waals surface area (Å²) in [6, 6.07) is 13.8. The summed E-state index contributed by atoms with van der Waals surface area (Å²) in [4.78, 5) is 0. The van der Waals surface area contributed by atoms with Gasteiger partial charge in [0.25, 0.3) is 0 Å². The van der Waals surface area contributed by atoms with Gasteiger partial charge < -0.3 is 5.32 Å². The maximum absolute atomic E-state index is 4.26. The second-order valence-electron chi connectivity index (χ2n) is 4.04. The van der Waals surface area contributed by atoms with Crippen molar-refractivity contribution in [2.24, 2.45) is 0 Å². The molecule has 19 heavy (non-hydrogen) atoms. The Balaban J connectivity index is 1.82. The highest BCUT2D eigenvalue weighted by molar-refractivity contribution is 5.43. The lowest BCUT2D eigenvalue weighted by molar-refractivity contribution is 0.862. The summed E-state index contributed by atoms with van der Waals surface area (Å²) in [6.45, 7) is 0.675. The summed E-state index contributed by atoms with van der Waals surface area (Å²) >= 11 is 0. The van der Waals surface area contributed by atoms with Crippen molar-refractivity contribution in [2.75, 3.05) is 5.32 Å². The molecule has 0 saturated heterocycles. The van der Waals surface area contributed by atoms with Gasteiger partial charge in [0, 0.05) is 25.1 Å². The third-order valence-corrected chi connectivity index (χ3v) is 2.78. The summed E-state index contributed by atoms with van der Waals surface area (Å²) in [5, 5.41) is 15.4. The van der Waals surface area contributed by atoms with Crippen LogP contribution < -0.4 is 5.32 Å². The first-order chi connectivity index (χ1) is 9.43. The highest BCUT2D eigenvalue weighted by Crippen LogP contribution is 2.14. The fourth-order valence-corrected chi connectivity index (χ4v) is 1.88. The molecule has 0 amide bonds. The molecule has 0 atom stereocenters. The average molecular weight is 251 g/mol. The topological polar surface area (TPSA) is 55.6 Å². The van der Waals surface area contributed by atoms with Gasteiger partial charge in [0.15, 0.2) is 0 Å². The van der Waals surface area contributed by atoms with Gasteiger partial charge in [0.1, 0.15) is 5.82 Å². The minimum Gasteiger partial charge on any atom is -0.364 e. The van der Waals surface area contributed by atoms with Gasteiger partial charge in [0.05, 0.1) is 5.69 Å². The Morgan fingerprint density at radius 1 is 1.00 bits per heavy atom. The minimum atomic E-state index is 0.675. The monoisotopic (exact) mass is 251 g/mol. The van der Waals surface area contributed by atoms with Crippen LogP contribution in [0.4, 0.5) is 5.82 Å². The molecule has 0 fully saturated rings. The van der Waals surface area contributed by atoms with Crippen LogP contribution in [0, 0.1) is 0 Å². The normalized spacial score (nSPS) is 10.3. The van der Waals surface area contributed by atoms with E-state index in [4.69, 9.17) is 0 Å². The van der Waals surface area contributed by atoms with E-state index < -0.39 is 0 Å². The number of rotatable bonds is 4. The van der Waals surface area contributed by atoms with Crippen molar-refractivity contribution < 1.29 is 0 Å². The first-order valence-corrected chi connectivity index (χ1v) is 6.03. The molecule has 0 saturated carbocycles. The highest BCUT2D eigenvalue weighted by atomic mass is 15.3. The van der Waals surface area contributed by atoms with Gasteiger partial charge in [-0.05, 0) is 29.8 Å². The van der Waals surface area contributed by atoms with Crippen molar-refractivity contribution in [3.8, 4) is 5.69 Å². The van der Waals surface area contributed by atoms with E-state index in [1.807, 2.05) is 47.3 Å². The maximum atomic E-state index is 4.26. The van der Waals surface area contributed by atoms with Crippen LogP contribution in [0.5, 0.6) is 0 Å². The van der Waals surface area contributed by atoms with Crippen molar-refractivity contribution in [3.63, 3.8) is 0 Å². The lowest BCUT2D eigenvalue weighted by atomic mass is 10.2. The summed E-state index contributed by atoms with van der Waals surface area (Å²) < 4.78 is 1.85. The fourth-order valence-electron chi connectivity index (χ4n) is 1.88. The van der Waals surface area contributed by atoms with Crippen LogP contribution in [-0.4, -0.2) is 20.0 Å². The molecule has 0 aliphatic rings. The first-order valence-electron chi connectivity index (χ1n) is 6.03. The molecule has 0 aliphatic heterocycles. The molecular formula is C14H13N5. The van der Waals surface area contributed by atoms with Crippen molar-refractivity contribution in [1.29, 1.82) is 0 Å². The average Bonchev–Trinajstić information content (AvgIpc) is 3.01. The number of aromatic nitrogens is 4. The van der Waals surface area contributed by atoms with Crippen molar-refractivity contribution in [1.82, 2.24) is 20.0 Å². The summed E-state index contributed by atoms with van der Waals surface area (Å²) in [7, 11) is 0. The largest absolute Gasteiger partial charge is 0.364 e. The van der Waals surface area contributed by atoms with Crippen LogP contribution in [0.15, 0.2) is 61.1 Å². The third kappa shape index (κ3) is 2.60. The second kappa shape index (κ2) is 5.30. The van der Waals surface area contributed by atoms with E-state index in [1.54, 1.807) is 12.4 Å². The van der Waals surface area contributed by atoms with Gasteiger partial charge in [-0.3, -0.25) is 0 Å². The van der Waals surface area contributed by atoms with E-state index in [0.717, 1.165) is 17.1 Å². The molecule has 3 aromatic rings. The van der Waals surface area contributed by atoms with E-state index in [1.165, 1.54) is 0 Å². The van der Waals surface area contributed by atoms with Gasteiger partial charge >= 0.3 is 0 Å². The van der Waals surface area contributed by atoms with Gasteiger partial charge in [-0.2, -0.15) is 10.2 Å². The minimum absolute atomic E-state index is 0.675. The van der Waals surface area contributed by atoms with Gasteiger partial charge in [-0.15, -0.1) is 5.10 Å². The maximum Gasteiger partial charge on any atom is 0.148 e. The zero-order valence-electron chi connectivity index (χ0n) is 10.3. The Kier molecular flexibility index (Phi) is 3.18. The van der Waals surface area contributed by atoms with Gasteiger partial charge in [0.2, 0.25) is 0 Å². The Bertz CT molecular complexity index is 634. The van der Waals surface area contributed by atoms with Crippen LogP contribution >= 0.6 is 0 Å². The fraction of sp³-hybridized carbons (Fsp3) is 0.0714. The predicted octanol–water partition coefficient (Wildman–Crippen LogP) is 2.27. The van der Waals surface area contributed by atoms with Crippen LogP contribution in [0.2, 0.25) is 0 Å². The smallest absolute Gasteiger partial charge is 0.148 e. The van der Waals surface area contributed by atoms with Gasteiger partial charge in [-0.25, -0.2) is 4.68 Å². The molecule has 3 rings (SSSR count). The molecule has 5 nitrogen and oxygen atoms in total. The van der Waals surface area contributed by atoms with E-state index in [2.05, 4.69) is 26.7 Å². The zero-order valence-corrected chi connectivity index (χ0v) is 10.3. The molecule has 2 aromatic heterocycles. The Labute approximate surface area is 110 Å². The highest BCUT2D eigenvalue weighted by Gasteiger charge is 2.04. The molecule has 0 spiro atoms. The lowest BCUT2D eigenvalue weighted by Crippen LogP contribution is -2.06. The van der Waals surface area contributed by atoms with E-state index in [0.29, 0.717) is 6.54 Å². The number of nitrogens with one attached hydrogen (secondary N) is 1. The van der Waals surface area contributed by atoms with Crippen molar-refractivity contribution in [2.45, 2.75) is 6.54 Å². The molecule has 0 radical (unpaired) electrons. The SMILES string of the molecule is c1cnnc(NCc2ccccc2-n2cccn2)c1. The predicted molar refractivity (Wildman–Crippen MR) is 72.9 cm³/mol. The molecule has 1 aromatic carbocycles. The number of nitrogens with zero attached hydrogens (tertiary/aromatic N) is 4. The van der Waals surface area contributed by atoms with Crippen molar-refractivity contribution in [3.05, 3.63) is 66.6 Å². The van der Waals surface area contributed by atoms with E-state index in [9.17, 15) is 0 Å². The summed E-state index contributed by atoms with van der Waals surface area (Å²) in [5.74, 6) is 0.762. The van der Waals surface area contributed by atoms with Crippen LogP contribution in [0.1, 0.15) is 5.56 Å². The molecule has 0 unspecified atom stereocenters. The van der Waals surface area contributed by atoms with Crippen LogP contribution in [0.3, 0.4) is 0 Å². The van der Waals surface area contributed by atoms with Gasteiger partial charge in [-0.1, -0.05) is 18.2 Å². The van der Waals surface area contributed by atoms with Crippen molar-refractivity contribution >= 4 is 5.82 Å². The standard InChI is InChI=1S/C14H13N5/c1-2-6-13(19-10-4-9-17-19)12(5-1)11-15-14-7-3-8-16-18-14/h1-10H,11H2,(H,15,18). The number of anilines is 1. The zero-order chi connectivity index (χ0) is 12.9. The number of hydrogen-bond acceptors (Lipinski definition) is 4. The Morgan fingerprint density at radius 2 is 1.95 bits per heavy atom. The summed E-state index contributed by atoms with van der Waals surface area (Å²) in [5.41, 5.74) is 2.21. The summed E-state index contributed by atoms with van der Waals surface area (Å²) in [6.07, 6.45) is 5.36. The molecule has 5 heteroatoms. The van der Waals surface area contributed by atoms with E-state index >= 15 is 0 Å². The quantitative estimate of drug-likeness (QED) is 0.773. The molecule has 0 bridgehead atoms. The van der Waals surface area contributed by atoms with Crippen LogP contribution in [-0.2, 0) is 6.54 Å². The first kappa shape index (κ1) is 11.4. The third-order valence-electron chi connectivity index (χ3n) is 2.78. The molecular weight excluding hydrogens is 238 g/mol. The molecule has 0 aliphatic carbocycles. The number of hydrogen-bond donors (Lipinski definition) is 1. The molecule has 94 valence electrons. The van der Waals surface area contributed by atoms with Crippen LogP contribution in [0.25, 0.3) is 5.69 Å². The number of para-hydroxylation sites is 1. The number of benzene rings is 1. The van der Waals surface area contributed by atoms with E-state index in [-0.39, 0.29) is 0 Å².